The number of methoxy groups -OCH3 is 1. The number of carbonyl (C=O) groups excluding carboxylic acids is 1. The Labute approximate surface area is 165 Å². The highest BCUT2D eigenvalue weighted by Crippen LogP contribution is 2.32. The summed E-state index contributed by atoms with van der Waals surface area (Å²) in [5.74, 6) is 0.867. The molecule has 0 atom stereocenters. The van der Waals surface area contributed by atoms with Gasteiger partial charge in [-0.1, -0.05) is 72.8 Å². The maximum Gasteiger partial charge on any atom is 0.194 e. The number of hydrogen-bond donors (Lipinski definition) is 0. The number of rotatable bonds is 4. The van der Waals surface area contributed by atoms with E-state index in [1.165, 1.54) is 0 Å². The largest absolute Gasteiger partial charge is 0.497 e. The monoisotopic (exact) mass is 364 g/mol. The van der Waals surface area contributed by atoms with Gasteiger partial charge >= 0.3 is 0 Å². The van der Waals surface area contributed by atoms with Crippen LogP contribution < -0.4 is 4.74 Å². The molecule has 28 heavy (non-hydrogen) atoms. The lowest BCUT2D eigenvalue weighted by molar-refractivity contribution is -0.108. The summed E-state index contributed by atoms with van der Waals surface area (Å²) >= 11 is 0. The number of benzene rings is 3. The third kappa shape index (κ3) is 3.72. The summed E-state index contributed by atoms with van der Waals surface area (Å²) in [6.07, 6.45) is 6.01. The average molecular weight is 364 g/mol. The summed E-state index contributed by atoms with van der Waals surface area (Å²) in [6, 6.07) is 27.5. The second-order valence-corrected chi connectivity index (χ2v) is 6.59. The first kappa shape index (κ1) is 17.7. The van der Waals surface area contributed by atoms with E-state index in [-0.39, 0.29) is 5.78 Å². The van der Waals surface area contributed by atoms with Gasteiger partial charge in [-0.25, -0.2) is 0 Å². The van der Waals surface area contributed by atoms with Gasteiger partial charge in [0, 0.05) is 11.1 Å². The number of ketones is 1. The summed E-state index contributed by atoms with van der Waals surface area (Å²) in [4.78, 5) is 13.2. The molecule has 0 spiro atoms. The van der Waals surface area contributed by atoms with E-state index < -0.39 is 0 Å². The molecule has 1 aliphatic rings. The van der Waals surface area contributed by atoms with Crippen LogP contribution in [0.25, 0.3) is 17.2 Å². The van der Waals surface area contributed by atoms with Crippen molar-refractivity contribution in [2.75, 3.05) is 7.11 Å². The van der Waals surface area contributed by atoms with Gasteiger partial charge in [-0.15, -0.1) is 0 Å². The predicted octanol–water partition coefficient (Wildman–Crippen LogP) is 5.83. The van der Waals surface area contributed by atoms with Crippen molar-refractivity contribution in [1.29, 1.82) is 0 Å². The van der Waals surface area contributed by atoms with Crippen LogP contribution in [0.1, 0.15) is 16.7 Å². The van der Waals surface area contributed by atoms with E-state index >= 15 is 0 Å². The molecule has 0 amide bonds. The Bertz CT molecular complexity index is 1010. The molecule has 0 aromatic heterocycles. The lowest BCUT2D eigenvalue weighted by Crippen LogP contribution is -2.09. The van der Waals surface area contributed by atoms with E-state index in [0.29, 0.717) is 11.1 Å². The molecule has 2 heteroatoms. The predicted molar refractivity (Wildman–Crippen MR) is 115 cm³/mol. The summed E-state index contributed by atoms with van der Waals surface area (Å²) < 4.78 is 5.23. The number of Topliss-reactive ketones (excluding diaryl/α,β-unsaturated/α-hetero) is 1. The van der Waals surface area contributed by atoms with Gasteiger partial charge in [0.25, 0.3) is 0 Å². The lowest BCUT2D eigenvalue weighted by Gasteiger charge is -2.17. The fourth-order valence-corrected chi connectivity index (χ4v) is 3.29. The zero-order valence-electron chi connectivity index (χ0n) is 15.6. The van der Waals surface area contributed by atoms with Crippen LogP contribution >= 0.6 is 0 Å². The Morgan fingerprint density at radius 1 is 0.679 bits per heavy atom. The van der Waals surface area contributed by atoms with Gasteiger partial charge in [0.1, 0.15) is 5.75 Å². The zero-order valence-corrected chi connectivity index (χ0v) is 15.6. The topological polar surface area (TPSA) is 26.3 Å². The minimum atomic E-state index is 0.0456. The van der Waals surface area contributed by atoms with Crippen molar-refractivity contribution in [2.45, 2.75) is 0 Å². The van der Waals surface area contributed by atoms with E-state index in [2.05, 4.69) is 6.08 Å². The summed E-state index contributed by atoms with van der Waals surface area (Å²) in [5.41, 5.74) is 5.31. The molecular weight excluding hydrogens is 344 g/mol. The molecule has 0 radical (unpaired) electrons. The van der Waals surface area contributed by atoms with Gasteiger partial charge in [0.05, 0.1) is 7.11 Å². The van der Waals surface area contributed by atoms with Gasteiger partial charge in [0.2, 0.25) is 0 Å². The van der Waals surface area contributed by atoms with Crippen LogP contribution in [-0.4, -0.2) is 12.9 Å². The molecule has 0 unspecified atom stereocenters. The van der Waals surface area contributed by atoms with Crippen LogP contribution in [-0.2, 0) is 4.79 Å². The summed E-state index contributed by atoms with van der Waals surface area (Å²) in [5, 5.41) is 0. The zero-order chi connectivity index (χ0) is 19.3. The first-order valence-corrected chi connectivity index (χ1v) is 9.19. The molecule has 0 bridgehead atoms. The van der Waals surface area contributed by atoms with Crippen molar-refractivity contribution in [3.63, 3.8) is 0 Å². The van der Waals surface area contributed by atoms with Gasteiger partial charge < -0.3 is 4.74 Å². The number of hydrogen-bond acceptors (Lipinski definition) is 2. The van der Waals surface area contributed by atoms with E-state index in [0.717, 1.165) is 28.0 Å². The molecule has 1 aliphatic carbocycles. The molecule has 0 N–H and O–H groups in total. The van der Waals surface area contributed by atoms with Crippen LogP contribution in [0.3, 0.4) is 0 Å². The van der Waals surface area contributed by atoms with Crippen LogP contribution in [0, 0.1) is 0 Å². The van der Waals surface area contributed by atoms with Crippen molar-refractivity contribution in [2.24, 2.45) is 0 Å². The van der Waals surface area contributed by atoms with Crippen LogP contribution in [0.2, 0.25) is 0 Å². The smallest absolute Gasteiger partial charge is 0.194 e. The van der Waals surface area contributed by atoms with Crippen molar-refractivity contribution in [3.8, 4) is 5.75 Å². The van der Waals surface area contributed by atoms with Gasteiger partial charge in [-0.05, 0) is 52.6 Å². The molecule has 3 aromatic carbocycles. The maximum atomic E-state index is 13.2. The number of ether oxygens (including phenoxy) is 1. The highest BCUT2D eigenvalue weighted by atomic mass is 16.5. The molecular formula is C26H20O2. The molecule has 0 heterocycles. The van der Waals surface area contributed by atoms with E-state index in [4.69, 9.17) is 4.74 Å². The SMILES string of the molecule is COc1ccc(C=C2C=C(c3ccccc3)C(=O)C(c3ccccc3)=C2)cc1. The molecule has 0 saturated heterocycles. The molecule has 0 fully saturated rings. The highest BCUT2D eigenvalue weighted by molar-refractivity contribution is 6.44. The second kappa shape index (κ2) is 7.93. The van der Waals surface area contributed by atoms with E-state index in [9.17, 15) is 4.79 Å². The van der Waals surface area contributed by atoms with E-state index in [1.54, 1.807) is 7.11 Å². The Morgan fingerprint density at radius 2 is 1.18 bits per heavy atom. The number of allylic oxidation sites excluding steroid dienone is 5. The van der Waals surface area contributed by atoms with Gasteiger partial charge in [0.15, 0.2) is 5.78 Å². The van der Waals surface area contributed by atoms with Gasteiger partial charge in [-0.3, -0.25) is 4.79 Å². The average Bonchev–Trinajstić information content (AvgIpc) is 2.76. The fourth-order valence-electron chi connectivity index (χ4n) is 3.29. The third-order valence-electron chi connectivity index (χ3n) is 4.73. The Balaban J connectivity index is 1.81. The quantitative estimate of drug-likeness (QED) is 0.582. The second-order valence-electron chi connectivity index (χ2n) is 6.59. The van der Waals surface area contributed by atoms with Crippen LogP contribution in [0.4, 0.5) is 0 Å². The minimum Gasteiger partial charge on any atom is -0.497 e. The fraction of sp³-hybridized carbons (Fsp3) is 0.0385. The molecule has 2 nitrogen and oxygen atoms in total. The lowest BCUT2D eigenvalue weighted by atomic mass is 9.85. The maximum absolute atomic E-state index is 13.2. The normalized spacial score (nSPS) is 13.6. The Morgan fingerprint density at radius 3 is 1.64 bits per heavy atom. The van der Waals surface area contributed by atoms with Crippen molar-refractivity contribution in [1.82, 2.24) is 0 Å². The molecule has 0 aliphatic heterocycles. The first-order valence-electron chi connectivity index (χ1n) is 9.19. The van der Waals surface area contributed by atoms with Crippen molar-refractivity contribution < 1.29 is 9.53 Å². The van der Waals surface area contributed by atoms with Gasteiger partial charge in [-0.2, -0.15) is 0 Å². The Kier molecular flexibility index (Phi) is 5.03. The Hall–Kier alpha value is -3.65. The van der Waals surface area contributed by atoms with E-state index in [1.807, 2.05) is 97.1 Å². The molecule has 3 aromatic rings. The molecule has 0 saturated carbocycles. The van der Waals surface area contributed by atoms with Crippen LogP contribution in [0.15, 0.2) is 103 Å². The number of carbonyl (C=O) groups is 1. The summed E-state index contributed by atoms with van der Waals surface area (Å²) in [7, 11) is 1.66. The van der Waals surface area contributed by atoms with Crippen LogP contribution in [0.5, 0.6) is 5.75 Å². The van der Waals surface area contributed by atoms with Crippen molar-refractivity contribution >= 4 is 23.0 Å². The molecule has 136 valence electrons. The minimum absolute atomic E-state index is 0.0456. The highest BCUT2D eigenvalue weighted by Gasteiger charge is 2.22. The molecule has 4 rings (SSSR count). The third-order valence-corrected chi connectivity index (χ3v) is 4.73. The van der Waals surface area contributed by atoms with Crippen molar-refractivity contribution in [3.05, 3.63) is 119 Å². The summed E-state index contributed by atoms with van der Waals surface area (Å²) in [6.45, 7) is 0. The first-order chi connectivity index (χ1) is 13.7. The standard InChI is InChI=1S/C26H20O2/c1-28-23-14-12-19(13-15-23)16-20-17-24(21-8-4-2-5-9-21)26(27)25(18-20)22-10-6-3-7-11-22/h2-18H,1H3.